The molecule has 0 fully saturated rings. The Morgan fingerprint density at radius 3 is 2.68 bits per heavy atom. The number of anilines is 1. The molecule has 6 heteroatoms. The van der Waals surface area contributed by atoms with E-state index in [0.717, 1.165) is 17.5 Å². The third-order valence-corrected chi connectivity index (χ3v) is 6.15. The normalized spacial score (nSPS) is 13.6. The van der Waals surface area contributed by atoms with Crippen molar-refractivity contribution in [2.24, 2.45) is 0 Å². The van der Waals surface area contributed by atoms with Gasteiger partial charge in [0.2, 0.25) is 0 Å². The molecule has 1 heterocycles. The number of amides is 1. The maximum atomic E-state index is 13.0. The molecule has 0 radical (unpaired) electrons. The Morgan fingerprint density at radius 2 is 1.96 bits per heavy atom. The number of carbonyl (C=O) groups is 1. The molecule has 0 aromatic heterocycles. The number of hydrogen-bond acceptors (Lipinski definition) is 3. The maximum Gasteiger partial charge on any atom is 0.264 e. The van der Waals surface area contributed by atoms with Crippen LogP contribution in [-0.2, 0) is 16.4 Å². The van der Waals surface area contributed by atoms with Gasteiger partial charge in [-0.1, -0.05) is 25.1 Å². The minimum absolute atomic E-state index is 0.145. The lowest BCUT2D eigenvalue weighted by molar-refractivity contribution is 0.0953. The molecule has 1 aliphatic rings. The number of hydrogen-bond donors (Lipinski definition) is 1. The molecule has 1 aliphatic heterocycles. The molecule has 2 aromatic carbocycles. The zero-order valence-electron chi connectivity index (χ0n) is 14.5. The number of nitrogens with one attached hydrogen (secondary N) is 1. The summed E-state index contributed by atoms with van der Waals surface area (Å²) in [6.45, 7) is 4.82. The molecule has 25 heavy (non-hydrogen) atoms. The topological polar surface area (TPSA) is 66.5 Å². The molecule has 0 saturated carbocycles. The van der Waals surface area contributed by atoms with Gasteiger partial charge in [0, 0.05) is 18.7 Å². The van der Waals surface area contributed by atoms with Crippen LogP contribution in [0.5, 0.6) is 0 Å². The van der Waals surface area contributed by atoms with Crippen LogP contribution in [0.25, 0.3) is 0 Å². The van der Waals surface area contributed by atoms with Gasteiger partial charge in [-0.15, -0.1) is 0 Å². The van der Waals surface area contributed by atoms with Crippen molar-refractivity contribution >= 4 is 21.6 Å². The van der Waals surface area contributed by atoms with Crippen molar-refractivity contribution in [3.05, 3.63) is 59.2 Å². The van der Waals surface area contributed by atoms with Gasteiger partial charge in [0.15, 0.2) is 0 Å². The van der Waals surface area contributed by atoms with E-state index in [0.29, 0.717) is 30.8 Å². The number of carbonyl (C=O) groups excluding carboxylic acids is 1. The van der Waals surface area contributed by atoms with E-state index in [4.69, 9.17) is 0 Å². The minimum atomic E-state index is -3.63. The Kier molecular flexibility index (Phi) is 4.81. The summed E-state index contributed by atoms with van der Waals surface area (Å²) in [5.74, 6) is -0.145. The molecule has 3 rings (SSSR count). The standard InChI is InChI=1S/C19H22N2O3S/c1-3-11-20-19(22)17-8-5-9-18-16(17)10-12-21(18)25(23,24)15-7-4-6-14(2)13-15/h4-9,13H,3,10-12H2,1-2H3,(H,20,22). The first-order valence-corrected chi connectivity index (χ1v) is 9.88. The predicted octanol–water partition coefficient (Wildman–Crippen LogP) is 2.89. The molecule has 0 spiro atoms. The van der Waals surface area contributed by atoms with Gasteiger partial charge in [0.1, 0.15) is 0 Å². The number of benzene rings is 2. The number of nitrogens with zero attached hydrogens (tertiary/aromatic N) is 1. The summed E-state index contributed by atoms with van der Waals surface area (Å²) in [6, 6.07) is 12.2. The molecule has 0 unspecified atom stereocenters. The summed E-state index contributed by atoms with van der Waals surface area (Å²) >= 11 is 0. The highest BCUT2D eigenvalue weighted by Crippen LogP contribution is 2.35. The zero-order valence-corrected chi connectivity index (χ0v) is 15.3. The van der Waals surface area contributed by atoms with Crippen molar-refractivity contribution in [1.82, 2.24) is 5.32 Å². The summed E-state index contributed by atoms with van der Waals surface area (Å²) in [5.41, 5.74) is 2.86. The van der Waals surface area contributed by atoms with Crippen LogP contribution in [0.2, 0.25) is 0 Å². The lowest BCUT2D eigenvalue weighted by Gasteiger charge is -2.20. The molecule has 1 amide bonds. The van der Waals surface area contributed by atoms with E-state index in [1.165, 1.54) is 4.31 Å². The minimum Gasteiger partial charge on any atom is -0.352 e. The summed E-state index contributed by atoms with van der Waals surface area (Å²) in [5, 5.41) is 2.86. The quantitative estimate of drug-likeness (QED) is 0.894. The summed E-state index contributed by atoms with van der Waals surface area (Å²) < 4.78 is 27.5. The van der Waals surface area contributed by atoms with E-state index in [1.54, 1.807) is 36.4 Å². The number of aryl methyl sites for hydroxylation is 1. The van der Waals surface area contributed by atoms with Crippen molar-refractivity contribution < 1.29 is 13.2 Å². The average Bonchev–Trinajstić information content (AvgIpc) is 3.04. The fraction of sp³-hybridized carbons (Fsp3) is 0.316. The van der Waals surface area contributed by atoms with E-state index in [1.807, 2.05) is 19.9 Å². The summed E-state index contributed by atoms with van der Waals surface area (Å²) in [6.07, 6.45) is 1.39. The average molecular weight is 358 g/mol. The molecule has 132 valence electrons. The lowest BCUT2D eigenvalue weighted by atomic mass is 10.0. The second kappa shape index (κ2) is 6.88. The third-order valence-electron chi connectivity index (χ3n) is 4.34. The monoisotopic (exact) mass is 358 g/mol. The van der Waals surface area contributed by atoms with Gasteiger partial charge in [0.05, 0.1) is 10.6 Å². The first-order chi connectivity index (χ1) is 11.9. The molecule has 2 aromatic rings. The molecular formula is C19H22N2O3S. The fourth-order valence-corrected chi connectivity index (χ4v) is 4.71. The number of sulfonamides is 1. The predicted molar refractivity (Wildman–Crippen MR) is 98.5 cm³/mol. The SMILES string of the molecule is CCCNC(=O)c1cccc2c1CCN2S(=O)(=O)c1cccc(C)c1. The van der Waals surface area contributed by atoms with Crippen molar-refractivity contribution in [2.75, 3.05) is 17.4 Å². The first kappa shape index (κ1) is 17.5. The summed E-state index contributed by atoms with van der Waals surface area (Å²) in [7, 11) is -3.63. The third kappa shape index (κ3) is 3.26. The molecule has 0 aliphatic carbocycles. The molecular weight excluding hydrogens is 336 g/mol. The Bertz CT molecular complexity index is 907. The molecule has 5 nitrogen and oxygen atoms in total. The van der Waals surface area contributed by atoms with Crippen LogP contribution in [0.3, 0.4) is 0 Å². The van der Waals surface area contributed by atoms with E-state index in [9.17, 15) is 13.2 Å². The molecule has 1 N–H and O–H groups in total. The first-order valence-electron chi connectivity index (χ1n) is 8.44. The van der Waals surface area contributed by atoms with Crippen molar-refractivity contribution in [3.63, 3.8) is 0 Å². The van der Waals surface area contributed by atoms with Crippen molar-refractivity contribution in [2.45, 2.75) is 31.6 Å². The maximum absolute atomic E-state index is 13.0. The Balaban J connectivity index is 1.99. The van der Waals surface area contributed by atoms with Crippen LogP contribution in [0.15, 0.2) is 47.4 Å². The van der Waals surface area contributed by atoms with Crippen LogP contribution < -0.4 is 9.62 Å². The Morgan fingerprint density at radius 1 is 1.20 bits per heavy atom. The highest BCUT2D eigenvalue weighted by Gasteiger charge is 2.33. The highest BCUT2D eigenvalue weighted by atomic mass is 32.2. The second-order valence-corrected chi connectivity index (χ2v) is 8.07. The number of rotatable bonds is 5. The fourth-order valence-electron chi connectivity index (χ4n) is 3.10. The highest BCUT2D eigenvalue weighted by molar-refractivity contribution is 7.92. The molecule has 0 saturated heterocycles. The van der Waals surface area contributed by atoms with Crippen LogP contribution in [-0.4, -0.2) is 27.4 Å². The van der Waals surface area contributed by atoms with Gasteiger partial charge in [-0.3, -0.25) is 9.10 Å². The van der Waals surface area contributed by atoms with Crippen LogP contribution >= 0.6 is 0 Å². The zero-order chi connectivity index (χ0) is 18.0. The van der Waals surface area contributed by atoms with Crippen molar-refractivity contribution in [1.29, 1.82) is 0 Å². The molecule has 0 atom stereocenters. The van der Waals surface area contributed by atoms with E-state index in [-0.39, 0.29) is 10.8 Å². The van der Waals surface area contributed by atoms with Crippen LogP contribution in [0, 0.1) is 6.92 Å². The second-order valence-electron chi connectivity index (χ2n) is 6.20. The van der Waals surface area contributed by atoms with Crippen LogP contribution in [0.4, 0.5) is 5.69 Å². The Hall–Kier alpha value is -2.34. The van der Waals surface area contributed by atoms with Gasteiger partial charge in [0.25, 0.3) is 15.9 Å². The van der Waals surface area contributed by atoms with Gasteiger partial charge < -0.3 is 5.32 Å². The largest absolute Gasteiger partial charge is 0.352 e. The van der Waals surface area contributed by atoms with E-state index >= 15 is 0 Å². The summed E-state index contributed by atoms with van der Waals surface area (Å²) in [4.78, 5) is 12.6. The van der Waals surface area contributed by atoms with Gasteiger partial charge in [-0.05, 0) is 55.2 Å². The Labute approximate surface area is 148 Å². The molecule has 0 bridgehead atoms. The van der Waals surface area contributed by atoms with E-state index < -0.39 is 10.0 Å². The van der Waals surface area contributed by atoms with Gasteiger partial charge in [-0.2, -0.15) is 0 Å². The lowest BCUT2D eigenvalue weighted by Crippen LogP contribution is -2.29. The van der Waals surface area contributed by atoms with Crippen molar-refractivity contribution in [3.8, 4) is 0 Å². The van der Waals surface area contributed by atoms with Gasteiger partial charge >= 0.3 is 0 Å². The number of fused-ring (bicyclic) bond motifs is 1. The van der Waals surface area contributed by atoms with Gasteiger partial charge in [-0.25, -0.2) is 8.42 Å². The smallest absolute Gasteiger partial charge is 0.264 e. The van der Waals surface area contributed by atoms with Crippen LogP contribution in [0.1, 0.15) is 34.8 Å². The van der Waals surface area contributed by atoms with E-state index in [2.05, 4.69) is 5.32 Å².